The molecule has 6 nitrogen and oxygen atoms in total. The number of carbonyl (C=O) groups is 2. The van der Waals surface area contributed by atoms with Crippen molar-refractivity contribution in [1.82, 2.24) is 10.6 Å². The van der Waals surface area contributed by atoms with Crippen LogP contribution in [0.1, 0.15) is 43.0 Å². The molecule has 1 aromatic rings. The van der Waals surface area contributed by atoms with E-state index in [1.54, 1.807) is 25.1 Å². The molecule has 1 atom stereocenters. The van der Waals surface area contributed by atoms with Gasteiger partial charge in [0.25, 0.3) is 5.91 Å². The lowest BCUT2D eigenvalue weighted by molar-refractivity contribution is -0.120. The van der Waals surface area contributed by atoms with E-state index in [0.29, 0.717) is 11.3 Å². The average Bonchev–Trinajstić information content (AvgIpc) is 3.46. The van der Waals surface area contributed by atoms with Gasteiger partial charge in [-0.05, 0) is 50.7 Å². The summed E-state index contributed by atoms with van der Waals surface area (Å²) in [5, 5.41) is 18.1. The fourth-order valence-corrected chi connectivity index (χ4v) is 2.72. The van der Waals surface area contributed by atoms with Crippen molar-refractivity contribution in [1.29, 1.82) is 5.26 Å². The molecule has 3 rings (SSSR count). The van der Waals surface area contributed by atoms with Gasteiger partial charge in [-0.25, -0.2) is 0 Å². The highest BCUT2D eigenvalue weighted by Gasteiger charge is 2.42. The number of benzene rings is 1. The minimum absolute atomic E-state index is 0.0255. The number of hydrogen-bond donors (Lipinski definition) is 3. The van der Waals surface area contributed by atoms with Crippen LogP contribution in [-0.4, -0.2) is 29.9 Å². The van der Waals surface area contributed by atoms with Crippen molar-refractivity contribution in [2.75, 3.05) is 11.9 Å². The number of anilines is 1. The first kappa shape index (κ1) is 16.3. The van der Waals surface area contributed by atoms with Crippen molar-refractivity contribution in [2.24, 2.45) is 5.92 Å². The van der Waals surface area contributed by atoms with Crippen LogP contribution in [0.2, 0.25) is 0 Å². The zero-order chi connectivity index (χ0) is 17.2. The molecule has 2 aliphatic rings. The molecule has 0 saturated heterocycles. The van der Waals surface area contributed by atoms with Crippen LogP contribution in [0.5, 0.6) is 0 Å². The lowest BCUT2D eigenvalue weighted by atomic mass is 9.98. The molecule has 0 aromatic heterocycles. The quantitative estimate of drug-likeness (QED) is 0.712. The fourth-order valence-electron chi connectivity index (χ4n) is 2.72. The number of hydrogen-bond acceptors (Lipinski definition) is 4. The third kappa shape index (κ3) is 3.85. The van der Waals surface area contributed by atoms with Crippen molar-refractivity contribution in [3.63, 3.8) is 0 Å². The Morgan fingerprint density at radius 3 is 2.58 bits per heavy atom. The first-order valence-corrected chi connectivity index (χ1v) is 8.38. The minimum Gasteiger partial charge on any atom is -0.376 e. The van der Waals surface area contributed by atoms with E-state index in [2.05, 4.69) is 22.0 Å². The molecule has 6 heteroatoms. The summed E-state index contributed by atoms with van der Waals surface area (Å²) < 4.78 is 0. The summed E-state index contributed by atoms with van der Waals surface area (Å²) in [7, 11) is 0. The van der Waals surface area contributed by atoms with Gasteiger partial charge in [0.15, 0.2) is 0 Å². The lowest BCUT2D eigenvalue weighted by Crippen LogP contribution is -2.48. The number of amides is 2. The average molecular weight is 326 g/mol. The van der Waals surface area contributed by atoms with Gasteiger partial charge in [0, 0.05) is 11.7 Å². The van der Waals surface area contributed by atoms with Crippen molar-refractivity contribution in [3.8, 4) is 6.07 Å². The van der Waals surface area contributed by atoms with Gasteiger partial charge in [-0.15, -0.1) is 0 Å². The van der Waals surface area contributed by atoms with Crippen molar-refractivity contribution < 1.29 is 9.59 Å². The number of carbonyl (C=O) groups excluding carboxylic acids is 2. The molecule has 0 heterocycles. The van der Waals surface area contributed by atoms with E-state index in [9.17, 15) is 14.9 Å². The van der Waals surface area contributed by atoms with Gasteiger partial charge in [0.2, 0.25) is 5.91 Å². The Kier molecular flexibility index (Phi) is 4.43. The van der Waals surface area contributed by atoms with Gasteiger partial charge in [-0.1, -0.05) is 12.1 Å². The largest absolute Gasteiger partial charge is 0.376 e. The second kappa shape index (κ2) is 6.52. The summed E-state index contributed by atoms with van der Waals surface area (Å²) in [5.74, 6) is -0.132. The Hall–Kier alpha value is -2.55. The van der Waals surface area contributed by atoms with Gasteiger partial charge in [-0.2, -0.15) is 5.26 Å². The normalized spacial score (nSPS) is 18.8. The van der Waals surface area contributed by atoms with Gasteiger partial charge in [-0.3, -0.25) is 9.59 Å². The monoisotopic (exact) mass is 326 g/mol. The highest BCUT2D eigenvalue weighted by atomic mass is 16.2. The molecule has 126 valence electrons. The Morgan fingerprint density at radius 1 is 1.25 bits per heavy atom. The predicted molar refractivity (Wildman–Crippen MR) is 90.3 cm³/mol. The zero-order valence-electron chi connectivity index (χ0n) is 13.8. The van der Waals surface area contributed by atoms with E-state index < -0.39 is 5.54 Å². The third-order valence-electron chi connectivity index (χ3n) is 4.55. The maximum atomic E-state index is 12.2. The third-order valence-corrected chi connectivity index (χ3v) is 4.55. The molecule has 24 heavy (non-hydrogen) atoms. The highest BCUT2D eigenvalue weighted by Crippen LogP contribution is 2.39. The van der Waals surface area contributed by atoms with Crippen LogP contribution < -0.4 is 16.0 Å². The molecule has 0 spiro atoms. The topological polar surface area (TPSA) is 94.0 Å². The van der Waals surface area contributed by atoms with E-state index in [0.717, 1.165) is 25.7 Å². The van der Waals surface area contributed by atoms with Gasteiger partial charge in [0.05, 0.1) is 18.2 Å². The summed E-state index contributed by atoms with van der Waals surface area (Å²) in [4.78, 5) is 24.4. The zero-order valence-corrected chi connectivity index (χ0v) is 13.8. The van der Waals surface area contributed by atoms with Gasteiger partial charge < -0.3 is 16.0 Å². The maximum Gasteiger partial charge on any atom is 0.253 e. The van der Waals surface area contributed by atoms with Crippen LogP contribution in [0.15, 0.2) is 24.3 Å². The van der Waals surface area contributed by atoms with E-state index in [-0.39, 0.29) is 30.3 Å². The molecule has 0 radical (unpaired) electrons. The summed E-state index contributed by atoms with van der Waals surface area (Å²) in [5.41, 5.74) is 0.347. The molecule has 0 aliphatic heterocycles. The van der Waals surface area contributed by atoms with Gasteiger partial charge in [0.1, 0.15) is 5.54 Å². The second-order valence-corrected chi connectivity index (χ2v) is 6.78. The minimum atomic E-state index is -0.804. The maximum absolute atomic E-state index is 12.2. The Bertz CT molecular complexity index is 689. The molecular formula is C18H22N4O2. The van der Waals surface area contributed by atoms with Crippen LogP contribution in [0.3, 0.4) is 0 Å². The standard InChI is InChI=1S/C18H22N4O2/c1-18(11-19,12-6-7-12)22-16(23)10-20-15-5-3-2-4-14(15)17(24)21-13-8-9-13/h2-5,12-13,20H,6-10H2,1H3,(H,21,24)(H,22,23). The molecular weight excluding hydrogens is 304 g/mol. The van der Waals surface area contributed by atoms with Crippen LogP contribution in [-0.2, 0) is 4.79 Å². The smallest absolute Gasteiger partial charge is 0.253 e. The van der Waals surface area contributed by atoms with Crippen molar-refractivity contribution in [3.05, 3.63) is 29.8 Å². The Balaban J connectivity index is 1.59. The molecule has 1 aromatic carbocycles. The first-order valence-electron chi connectivity index (χ1n) is 8.38. The van der Waals surface area contributed by atoms with Crippen molar-refractivity contribution >= 4 is 17.5 Å². The first-order chi connectivity index (χ1) is 11.5. The molecule has 0 bridgehead atoms. The molecule has 3 N–H and O–H groups in total. The molecule has 2 saturated carbocycles. The second-order valence-electron chi connectivity index (χ2n) is 6.78. The van der Waals surface area contributed by atoms with Gasteiger partial charge >= 0.3 is 0 Å². The molecule has 1 unspecified atom stereocenters. The Labute approximate surface area is 141 Å². The predicted octanol–water partition coefficient (Wildman–Crippen LogP) is 1.80. The summed E-state index contributed by atoms with van der Waals surface area (Å²) in [6, 6.07) is 9.62. The highest BCUT2D eigenvalue weighted by molar-refractivity contribution is 6.00. The molecule has 2 amide bonds. The van der Waals surface area contributed by atoms with Crippen LogP contribution in [0, 0.1) is 17.2 Å². The van der Waals surface area contributed by atoms with E-state index >= 15 is 0 Å². The molecule has 2 aliphatic carbocycles. The number of nitriles is 1. The van der Waals surface area contributed by atoms with Crippen molar-refractivity contribution in [2.45, 2.75) is 44.2 Å². The number of nitrogens with zero attached hydrogens (tertiary/aromatic N) is 1. The van der Waals surface area contributed by atoms with Crippen LogP contribution in [0.25, 0.3) is 0 Å². The van der Waals surface area contributed by atoms with E-state index in [1.807, 2.05) is 6.07 Å². The molecule has 2 fully saturated rings. The summed E-state index contributed by atoms with van der Waals surface area (Å²) >= 11 is 0. The number of rotatable bonds is 7. The van der Waals surface area contributed by atoms with E-state index in [1.165, 1.54) is 0 Å². The lowest BCUT2D eigenvalue weighted by Gasteiger charge is -2.23. The summed E-state index contributed by atoms with van der Waals surface area (Å²) in [6.45, 7) is 1.79. The summed E-state index contributed by atoms with van der Waals surface area (Å²) in [6.07, 6.45) is 4.00. The van der Waals surface area contributed by atoms with E-state index in [4.69, 9.17) is 0 Å². The van der Waals surface area contributed by atoms with Crippen LogP contribution >= 0.6 is 0 Å². The number of para-hydroxylation sites is 1. The Morgan fingerprint density at radius 2 is 1.96 bits per heavy atom. The fraction of sp³-hybridized carbons (Fsp3) is 0.500. The van der Waals surface area contributed by atoms with Crippen LogP contribution in [0.4, 0.5) is 5.69 Å². The number of nitrogens with one attached hydrogen (secondary N) is 3. The SMILES string of the molecule is CC(C#N)(NC(=O)CNc1ccccc1C(=O)NC1CC1)C1CC1.